The number of allylic oxidation sites excluding steroid dienone is 2. The Bertz CT molecular complexity index is 543. The minimum Gasteiger partial charge on any atom is -0.448 e. The molecule has 118 valence electrons. The summed E-state index contributed by atoms with van der Waals surface area (Å²) < 4.78 is 10.4. The zero-order valence-corrected chi connectivity index (χ0v) is 12.7. The fourth-order valence-electron chi connectivity index (χ4n) is 6.39. The number of amides is 2. The standard InChI is InChI=1S/C16H20N2O4/c1-3-21-15(19)17-13-10-7-5-6-8-9(7)12(13)14(11(8)10)18(17)16(20)22-4-2/h5-14H,3-4H2,1-2H3/t7-,8-,9?,10+,11+,12?,13-,14-/m1/s1. The highest BCUT2D eigenvalue weighted by Gasteiger charge is 2.82. The summed E-state index contributed by atoms with van der Waals surface area (Å²) in [5.41, 5.74) is 0. The molecule has 22 heavy (non-hydrogen) atoms. The first-order chi connectivity index (χ1) is 10.7. The average Bonchev–Trinajstić information content (AvgIpc) is 3.27. The molecule has 1 saturated heterocycles. The molecule has 5 fully saturated rings. The van der Waals surface area contributed by atoms with Crippen molar-refractivity contribution in [3.05, 3.63) is 12.2 Å². The van der Waals surface area contributed by atoms with E-state index in [0.29, 0.717) is 48.7 Å². The van der Waals surface area contributed by atoms with Crippen molar-refractivity contribution in [3.63, 3.8) is 0 Å². The Balaban J connectivity index is 1.53. The molecule has 0 N–H and O–H groups in total. The molecule has 0 unspecified atom stereocenters. The third-order valence-electron chi connectivity index (χ3n) is 6.51. The lowest BCUT2D eigenvalue weighted by Crippen LogP contribution is -2.59. The highest BCUT2D eigenvalue weighted by atomic mass is 16.6. The summed E-state index contributed by atoms with van der Waals surface area (Å²) in [5, 5.41) is 3.17. The maximum Gasteiger partial charge on any atom is 0.429 e. The number of ether oxygens (including phenoxy) is 2. The van der Waals surface area contributed by atoms with Gasteiger partial charge in [-0.05, 0) is 43.4 Å². The van der Waals surface area contributed by atoms with E-state index in [-0.39, 0.29) is 12.1 Å². The van der Waals surface area contributed by atoms with Gasteiger partial charge in [-0.15, -0.1) is 0 Å². The largest absolute Gasteiger partial charge is 0.448 e. The van der Waals surface area contributed by atoms with E-state index in [1.165, 1.54) is 0 Å². The van der Waals surface area contributed by atoms with Gasteiger partial charge >= 0.3 is 12.2 Å². The number of hydrazine groups is 1. The van der Waals surface area contributed by atoms with Crippen molar-refractivity contribution >= 4 is 12.2 Å². The van der Waals surface area contributed by atoms with E-state index in [4.69, 9.17) is 9.47 Å². The van der Waals surface area contributed by atoms with Crippen LogP contribution in [0.2, 0.25) is 0 Å². The molecular formula is C16H20N2O4. The number of carbonyl (C=O) groups excluding carboxylic acids is 2. The SMILES string of the molecule is CCOC(=O)N1[C@H]2C3C4[C@H]5C=C[C@H]4[C@@H]([C@H]52)[C@H]3N1C(=O)OCC. The molecule has 6 heteroatoms. The van der Waals surface area contributed by atoms with Crippen LogP contribution in [0.5, 0.6) is 0 Å². The second kappa shape index (κ2) is 3.97. The van der Waals surface area contributed by atoms with Gasteiger partial charge < -0.3 is 9.47 Å². The number of hydrogen-bond acceptors (Lipinski definition) is 4. The van der Waals surface area contributed by atoms with E-state index in [0.717, 1.165) is 0 Å². The van der Waals surface area contributed by atoms with Crippen LogP contribution in [0.3, 0.4) is 0 Å². The normalized spacial score (nSPS) is 47.9. The third kappa shape index (κ3) is 1.14. The van der Waals surface area contributed by atoms with E-state index < -0.39 is 12.2 Å². The highest BCUT2D eigenvalue weighted by Crippen LogP contribution is 2.76. The van der Waals surface area contributed by atoms with Gasteiger partial charge in [0.1, 0.15) is 0 Å². The van der Waals surface area contributed by atoms with Gasteiger partial charge in [-0.3, -0.25) is 0 Å². The van der Waals surface area contributed by atoms with Crippen molar-refractivity contribution in [1.82, 2.24) is 10.0 Å². The first-order valence-corrected chi connectivity index (χ1v) is 8.31. The number of carbonyl (C=O) groups is 2. The summed E-state index contributed by atoms with van der Waals surface area (Å²) in [5.74, 6) is 3.22. The zero-order chi connectivity index (χ0) is 15.2. The molecule has 0 aromatic rings. The number of rotatable bonds is 2. The number of nitrogens with zero attached hydrogens (tertiary/aromatic N) is 2. The fourth-order valence-corrected chi connectivity index (χ4v) is 6.39. The molecule has 2 amide bonds. The molecule has 0 radical (unpaired) electrons. The van der Waals surface area contributed by atoms with Gasteiger partial charge in [0.2, 0.25) is 0 Å². The van der Waals surface area contributed by atoms with Gasteiger partial charge in [0.15, 0.2) is 0 Å². The Morgan fingerprint density at radius 3 is 1.68 bits per heavy atom. The van der Waals surface area contributed by atoms with Crippen LogP contribution in [0.25, 0.3) is 0 Å². The predicted molar refractivity (Wildman–Crippen MR) is 75.4 cm³/mol. The summed E-state index contributed by atoms with van der Waals surface area (Å²) in [6, 6.07) is 0.240. The molecule has 6 aliphatic rings. The molecule has 0 aromatic carbocycles. The quantitative estimate of drug-likeness (QED) is 0.731. The minimum absolute atomic E-state index is 0.120. The monoisotopic (exact) mass is 304 g/mol. The van der Waals surface area contributed by atoms with Crippen molar-refractivity contribution in [2.24, 2.45) is 35.5 Å². The third-order valence-corrected chi connectivity index (χ3v) is 6.51. The first kappa shape index (κ1) is 12.8. The van der Waals surface area contributed by atoms with E-state index in [2.05, 4.69) is 12.2 Å². The van der Waals surface area contributed by atoms with Crippen molar-refractivity contribution in [1.29, 1.82) is 0 Å². The zero-order valence-electron chi connectivity index (χ0n) is 12.7. The summed E-state index contributed by atoms with van der Waals surface area (Å²) >= 11 is 0. The lowest BCUT2D eigenvalue weighted by Gasteiger charge is -2.44. The maximum atomic E-state index is 12.4. The molecule has 4 saturated carbocycles. The summed E-state index contributed by atoms with van der Waals surface area (Å²) in [6.45, 7) is 4.21. The van der Waals surface area contributed by atoms with Gasteiger partial charge in [-0.1, -0.05) is 12.2 Å². The van der Waals surface area contributed by atoms with E-state index in [1.54, 1.807) is 23.9 Å². The van der Waals surface area contributed by atoms with Gasteiger partial charge in [-0.2, -0.15) is 0 Å². The van der Waals surface area contributed by atoms with Crippen LogP contribution in [0.1, 0.15) is 13.8 Å². The van der Waals surface area contributed by atoms with Gasteiger partial charge in [0.25, 0.3) is 0 Å². The molecule has 8 bridgehead atoms. The van der Waals surface area contributed by atoms with Crippen molar-refractivity contribution < 1.29 is 19.1 Å². The fraction of sp³-hybridized carbons (Fsp3) is 0.750. The van der Waals surface area contributed by atoms with Crippen molar-refractivity contribution in [2.75, 3.05) is 13.2 Å². The molecule has 5 aliphatic carbocycles. The van der Waals surface area contributed by atoms with Crippen LogP contribution >= 0.6 is 0 Å². The van der Waals surface area contributed by atoms with Crippen LogP contribution < -0.4 is 0 Å². The second-order valence-electron chi connectivity index (χ2n) is 6.92. The molecule has 1 heterocycles. The molecule has 6 atom stereocenters. The van der Waals surface area contributed by atoms with E-state index in [1.807, 2.05) is 0 Å². The first-order valence-electron chi connectivity index (χ1n) is 8.31. The molecule has 6 nitrogen and oxygen atoms in total. The Morgan fingerprint density at radius 2 is 1.27 bits per heavy atom. The number of hydrogen-bond donors (Lipinski definition) is 0. The Kier molecular flexibility index (Phi) is 2.31. The van der Waals surface area contributed by atoms with Gasteiger partial charge in [0.05, 0.1) is 25.3 Å². The Labute approximate surface area is 129 Å². The molecule has 0 spiro atoms. The van der Waals surface area contributed by atoms with Crippen LogP contribution in [-0.2, 0) is 9.47 Å². The average molecular weight is 304 g/mol. The summed E-state index contributed by atoms with van der Waals surface area (Å²) in [7, 11) is 0. The summed E-state index contributed by atoms with van der Waals surface area (Å²) in [4.78, 5) is 24.9. The molecule has 6 rings (SSSR count). The smallest absolute Gasteiger partial charge is 0.429 e. The minimum atomic E-state index is -0.404. The molecular weight excluding hydrogens is 284 g/mol. The van der Waals surface area contributed by atoms with Gasteiger partial charge in [-0.25, -0.2) is 19.6 Å². The molecule has 0 aromatic heterocycles. The van der Waals surface area contributed by atoms with Crippen LogP contribution in [0.15, 0.2) is 12.2 Å². The van der Waals surface area contributed by atoms with E-state index >= 15 is 0 Å². The summed E-state index contributed by atoms with van der Waals surface area (Å²) in [6.07, 6.45) is 3.87. The van der Waals surface area contributed by atoms with Crippen molar-refractivity contribution in [2.45, 2.75) is 25.9 Å². The lowest BCUT2D eigenvalue weighted by atomic mass is 9.81. The Hall–Kier alpha value is -1.72. The van der Waals surface area contributed by atoms with Crippen LogP contribution in [-0.4, -0.2) is 47.5 Å². The van der Waals surface area contributed by atoms with Gasteiger partial charge in [0, 0.05) is 5.92 Å². The lowest BCUT2D eigenvalue weighted by molar-refractivity contribution is -0.0744. The predicted octanol–water partition coefficient (Wildman–Crippen LogP) is 1.88. The second-order valence-corrected chi connectivity index (χ2v) is 6.92. The maximum absolute atomic E-state index is 12.4. The Morgan fingerprint density at radius 1 is 0.818 bits per heavy atom. The van der Waals surface area contributed by atoms with E-state index in [9.17, 15) is 9.59 Å². The molecule has 1 aliphatic heterocycles. The van der Waals surface area contributed by atoms with Crippen LogP contribution in [0, 0.1) is 35.5 Å². The van der Waals surface area contributed by atoms with Crippen molar-refractivity contribution in [3.8, 4) is 0 Å². The van der Waals surface area contributed by atoms with Crippen LogP contribution in [0.4, 0.5) is 9.59 Å². The topological polar surface area (TPSA) is 59.1 Å². The highest BCUT2D eigenvalue weighted by molar-refractivity contribution is 5.77.